The van der Waals surface area contributed by atoms with Crippen LogP contribution in [0.5, 0.6) is 0 Å². The molecule has 2 N–H and O–H groups in total. The van der Waals surface area contributed by atoms with Gasteiger partial charge in [-0.15, -0.1) is 11.8 Å². The summed E-state index contributed by atoms with van der Waals surface area (Å²) in [6, 6.07) is 8.93. The predicted octanol–water partition coefficient (Wildman–Crippen LogP) is 1.24. The molecule has 1 aromatic rings. The van der Waals surface area contributed by atoms with E-state index in [0.717, 1.165) is 31.8 Å². The number of amides is 1. The van der Waals surface area contributed by atoms with Gasteiger partial charge >= 0.3 is 0 Å². The Bertz CT molecular complexity index is 494. The zero-order valence-corrected chi connectivity index (χ0v) is 12.6. The minimum atomic E-state index is -0.0603. The molecule has 2 heterocycles. The van der Waals surface area contributed by atoms with Gasteiger partial charge in [0.05, 0.1) is 0 Å². The molecule has 0 aromatic heterocycles. The quantitative estimate of drug-likeness (QED) is 0.860. The number of thioether (sulfide) groups is 1. The number of rotatable bonds is 2. The average molecular weight is 291 g/mol. The monoisotopic (exact) mass is 291 g/mol. The van der Waals surface area contributed by atoms with Crippen LogP contribution in [0.4, 0.5) is 0 Å². The van der Waals surface area contributed by atoms with Crippen LogP contribution >= 0.6 is 11.8 Å². The smallest absolute Gasteiger partial charge is 0.238 e. The van der Waals surface area contributed by atoms with E-state index in [1.807, 2.05) is 11.8 Å². The van der Waals surface area contributed by atoms with E-state index < -0.39 is 0 Å². The van der Waals surface area contributed by atoms with Crippen LogP contribution < -0.4 is 10.6 Å². The molecule has 0 spiro atoms. The molecule has 108 valence electrons. The van der Waals surface area contributed by atoms with E-state index in [0.29, 0.717) is 6.04 Å². The van der Waals surface area contributed by atoms with Crippen LogP contribution in [0, 0.1) is 0 Å². The second kappa shape index (κ2) is 6.16. The number of hydrogen-bond donors (Lipinski definition) is 2. The minimum Gasteiger partial charge on any atom is -0.358 e. The van der Waals surface area contributed by atoms with Crippen LogP contribution in [0.2, 0.25) is 0 Å². The summed E-state index contributed by atoms with van der Waals surface area (Å²) >= 11 is 1.93. The molecule has 2 atom stereocenters. The van der Waals surface area contributed by atoms with Crippen molar-refractivity contribution in [2.75, 3.05) is 32.4 Å². The Balaban J connectivity index is 1.89. The van der Waals surface area contributed by atoms with E-state index >= 15 is 0 Å². The maximum absolute atomic E-state index is 12.1. The number of nitrogens with zero attached hydrogens (tertiary/aromatic N) is 1. The second-order valence-corrected chi connectivity index (χ2v) is 6.40. The van der Waals surface area contributed by atoms with E-state index in [9.17, 15) is 4.79 Å². The van der Waals surface area contributed by atoms with Crippen molar-refractivity contribution in [1.82, 2.24) is 15.5 Å². The van der Waals surface area contributed by atoms with Crippen molar-refractivity contribution in [3.8, 4) is 0 Å². The number of likely N-dealkylation sites (N-methyl/N-ethyl adjacent to an activating group) is 1. The second-order valence-electron chi connectivity index (χ2n) is 5.26. The van der Waals surface area contributed by atoms with Gasteiger partial charge in [0.1, 0.15) is 6.04 Å². The third-order valence-corrected chi connectivity index (χ3v) is 5.28. The Morgan fingerprint density at radius 2 is 2.30 bits per heavy atom. The zero-order chi connectivity index (χ0) is 13.9. The zero-order valence-electron chi connectivity index (χ0n) is 11.8. The van der Waals surface area contributed by atoms with Crippen molar-refractivity contribution in [3.05, 3.63) is 29.8 Å². The highest BCUT2D eigenvalue weighted by atomic mass is 32.2. The van der Waals surface area contributed by atoms with Crippen molar-refractivity contribution in [1.29, 1.82) is 0 Å². The lowest BCUT2D eigenvalue weighted by molar-refractivity contribution is -0.127. The fraction of sp³-hybridized carbons (Fsp3) is 0.533. The summed E-state index contributed by atoms with van der Waals surface area (Å²) in [5.41, 5.74) is 1.39. The van der Waals surface area contributed by atoms with Gasteiger partial charge in [-0.3, -0.25) is 9.69 Å². The number of nitrogens with one attached hydrogen (secondary N) is 2. The Morgan fingerprint density at radius 1 is 1.45 bits per heavy atom. The molecule has 2 unspecified atom stereocenters. The molecule has 3 rings (SSSR count). The molecule has 5 heteroatoms. The molecule has 0 radical (unpaired) electrons. The van der Waals surface area contributed by atoms with Crippen LogP contribution in [0.1, 0.15) is 18.0 Å². The fourth-order valence-electron chi connectivity index (χ4n) is 3.17. The molecule has 1 saturated heterocycles. The molecule has 0 aliphatic carbocycles. The summed E-state index contributed by atoms with van der Waals surface area (Å²) in [5.74, 6) is 1.25. The molecule has 0 bridgehead atoms. The minimum absolute atomic E-state index is 0.0603. The van der Waals surface area contributed by atoms with Gasteiger partial charge in [0.15, 0.2) is 0 Å². The van der Waals surface area contributed by atoms with Crippen LogP contribution in [-0.2, 0) is 4.79 Å². The molecular weight excluding hydrogens is 270 g/mol. The summed E-state index contributed by atoms with van der Waals surface area (Å²) in [4.78, 5) is 15.9. The third-order valence-electron chi connectivity index (χ3n) is 4.16. The number of carbonyl (C=O) groups excluding carboxylic acids is 1. The lowest BCUT2D eigenvalue weighted by Gasteiger charge is -2.42. The molecule has 20 heavy (non-hydrogen) atoms. The Labute approximate surface area is 124 Å². The highest BCUT2D eigenvalue weighted by Crippen LogP contribution is 2.40. The third kappa shape index (κ3) is 2.57. The van der Waals surface area contributed by atoms with Gasteiger partial charge in [-0.25, -0.2) is 0 Å². The van der Waals surface area contributed by atoms with E-state index in [4.69, 9.17) is 0 Å². The largest absolute Gasteiger partial charge is 0.358 e. The first-order valence-corrected chi connectivity index (χ1v) is 8.19. The first kappa shape index (κ1) is 13.9. The van der Waals surface area contributed by atoms with Gasteiger partial charge in [-0.2, -0.15) is 0 Å². The maximum Gasteiger partial charge on any atom is 0.238 e. The number of benzene rings is 1. The maximum atomic E-state index is 12.1. The Kier molecular flexibility index (Phi) is 4.29. The first-order valence-electron chi connectivity index (χ1n) is 7.21. The van der Waals surface area contributed by atoms with Gasteiger partial charge < -0.3 is 10.6 Å². The van der Waals surface area contributed by atoms with Crippen LogP contribution in [0.3, 0.4) is 0 Å². The molecule has 1 fully saturated rings. The summed E-state index contributed by atoms with van der Waals surface area (Å²) in [7, 11) is 1.72. The SMILES string of the molecule is CNC(=O)C1CNCCN1C1CCSc2ccccc21. The van der Waals surface area contributed by atoms with E-state index in [2.05, 4.69) is 39.8 Å². The molecule has 2 aliphatic heterocycles. The van der Waals surface area contributed by atoms with Gasteiger partial charge in [-0.05, 0) is 23.8 Å². The van der Waals surface area contributed by atoms with Gasteiger partial charge in [0.2, 0.25) is 5.91 Å². The first-order chi connectivity index (χ1) is 9.81. The van der Waals surface area contributed by atoms with Gasteiger partial charge in [0, 0.05) is 37.6 Å². The highest BCUT2D eigenvalue weighted by Gasteiger charge is 2.35. The predicted molar refractivity (Wildman–Crippen MR) is 82.0 cm³/mol. The Morgan fingerprint density at radius 3 is 3.15 bits per heavy atom. The van der Waals surface area contributed by atoms with Crippen molar-refractivity contribution in [2.24, 2.45) is 0 Å². The summed E-state index contributed by atoms with van der Waals surface area (Å²) in [6.45, 7) is 2.63. The van der Waals surface area contributed by atoms with Crippen LogP contribution in [0.25, 0.3) is 0 Å². The summed E-state index contributed by atoms with van der Waals surface area (Å²) in [6.07, 6.45) is 1.12. The molecule has 2 aliphatic rings. The molecule has 1 aromatic carbocycles. The number of fused-ring (bicyclic) bond motifs is 1. The van der Waals surface area contributed by atoms with Crippen LogP contribution in [-0.4, -0.2) is 49.3 Å². The number of hydrogen-bond acceptors (Lipinski definition) is 4. The average Bonchev–Trinajstić information content (AvgIpc) is 2.53. The number of carbonyl (C=O) groups is 1. The topological polar surface area (TPSA) is 44.4 Å². The van der Waals surface area contributed by atoms with Crippen molar-refractivity contribution in [3.63, 3.8) is 0 Å². The van der Waals surface area contributed by atoms with Gasteiger partial charge in [-0.1, -0.05) is 18.2 Å². The summed E-state index contributed by atoms with van der Waals surface area (Å²) < 4.78 is 0. The molecule has 0 saturated carbocycles. The molecule has 4 nitrogen and oxygen atoms in total. The van der Waals surface area contributed by atoms with E-state index in [1.165, 1.54) is 10.5 Å². The van der Waals surface area contributed by atoms with Crippen molar-refractivity contribution >= 4 is 17.7 Å². The van der Waals surface area contributed by atoms with Crippen LogP contribution in [0.15, 0.2) is 29.2 Å². The normalized spacial score (nSPS) is 26.9. The summed E-state index contributed by atoms with van der Waals surface area (Å²) in [5, 5.41) is 6.14. The Hall–Kier alpha value is -1.04. The standard InChI is InChI=1S/C15H21N3OS/c1-16-15(19)13-10-17-7-8-18(13)12-6-9-20-14-5-3-2-4-11(12)14/h2-5,12-13,17H,6-10H2,1H3,(H,16,19). The fourth-order valence-corrected chi connectivity index (χ4v) is 4.28. The van der Waals surface area contributed by atoms with E-state index in [-0.39, 0.29) is 11.9 Å². The lowest BCUT2D eigenvalue weighted by atomic mass is 9.98. The van der Waals surface area contributed by atoms with Crippen molar-refractivity contribution < 1.29 is 4.79 Å². The highest BCUT2D eigenvalue weighted by molar-refractivity contribution is 7.99. The van der Waals surface area contributed by atoms with Crippen molar-refractivity contribution in [2.45, 2.75) is 23.4 Å². The number of piperazine rings is 1. The van der Waals surface area contributed by atoms with E-state index in [1.54, 1.807) is 7.05 Å². The molecular formula is C15H21N3OS. The van der Waals surface area contributed by atoms with Gasteiger partial charge in [0.25, 0.3) is 0 Å². The molecule has 1 amide bonds. The lowest BCUT2D eigenvalue weighted by Crippen LogP contribution is -2.58.